The summed E-state index contributed by atoms with van der Waals surface area (Å²) in [6.45, 7) is 3.16. The SMILES string of the molecule is CCCCNc1ccccc1C=N. The van der Waals surface area contributed by atoms with Crippen LogP contribution >= 0.6 is 0 Å². The Kier molecular flexibility index (Phi) is 4.03. The molecular weight excluding hydrogens is 160 g/mol. The molecule has 2 heteroatoms. The molecule has 0 aliphatic carbocycles. The number of unbranched alkanes of at least 4 members (excludes halogenated alkanes) is 1. The summed E-state index contributed by atoms with van der Waals surface area (Å²) in [4.78, 5) is 0. The maximum atomic E-state index is 7.20. The van der Waals surface area contributed by atoms with Crippen LogP contribution in [0.3, 0.4) is 0 Å². The third-order valence-electron chi connectivity index (χ3n) is 1.96. The Morgan fingerprint density at radius 2 is 2.15 bits per heavy atom. The van der Waals surface area contributed by atoms with Gasteiger partial charge in [0.25, 0.3) is 0 Å². The quantitative estimate of drug-likeness (QED) is 0.525. The van der Waals surface area contributed by atoms with Gasteiger partial charge in [-0.15, -0.1) is 0 Å². The third-order valence-corrected chi connectivity index (χ3v) is 1.96. The van der Waals surface area contributed by atoms with E-state index in [9.17, 15) is 0 Å². The highest BCUT2D eigenvalue weighted by atomic mass is 14.9. The van der Waals surface area contributed by atoms with E-state index in [2.05, 4.69) is 12.2 Å². The molecule has 0 heterocycles. The molecule has 70 valence electrons. The van der Waals surface area contributed by atoms with E-state index in [1.54, 1.807) is 0 Å². The van der Waals surface area contributed by atoms with Gasteiger partial charge in [0.1, 0.15) is 0 Å². The van der Waals surface area contributed by atoms with Crippen LogP contribution in [0.15, 0.2) is 24.3 Å². The molecule has 0 aliphatic rings. The van der Waals surface area contributed by atoms with E-state index in [0.717, 1.165) is 17.8 Å². The molecule has 0 atom stereocenters. The lowest BCUT2D eigenvalue weighted by Crippen LogP contribution is -2.03. The first-order valence-corrected chi connectivity index (χ1v) is 4.72. The molecule has 13 heavy (non-hydrogen) atoms. The smallest absolute Gasteiger partial charge is 0.0429 e. The summed E-state index contributed by atoms with van der Waals surface area (Å²) in [5.74, 6) is 0. The van der Waals surface area contributed by atoms with Crippen LogP contribution in [0.5, 0.6) is 0 Å². The number of anilines is 1. The van der Waals surface area contributed by atoms with Gasteiger partial charge in [0, 0.05) is 24.0 Å². The van der Waals surface area contributed by atoms with Crippen LogP contribution in [-0.4, -0.2) is 12.8 Å². The summed E-state index contributed by atoms with van der Waals surface area (Å²) < 4.78 is 0. The van der Waals surface area contributed by atoms with Gasteiger partial charge >= 0.3 is 0 Å². The topological polar surface area (TPSA) is 35.9 Å². The van der Waals surface area contributed by atoms with Gasteiger partial charge in [-0.3, -0.25) is 0 Å². The molecule has 0 aliphatic heterocycles. The van der Waals surface area contributed by atoms with Gasteiger partial charge in [-0.2, -0.15) is 0 Å². The highest BCUT2D eigenvalue weighted by molar-refractivity contribution is 5.85. The van der Waals surface area contributed by atoms with Crippen molar-refractivity contribution in [3.8, 4) is 0 Å². The highest BCUT2D eigenvalue weighted by Gasteiger charge is 1.95. The summed E-state index contributed by atoms with van der Waals surface area (Å²) in [6.07, 6.45) is 3.75. The first-order valence-electron chi connectivity index (χ1n) is 4.72. The van der Waals surface area contributed by atoms with Gasteiger partial charge in [0.05, 0.1) is 0 Å². The minimum atomic E-state index is 0.957. The Labute approximate surface area is 79.5 Å². The van der Waals surface area contributed by atoms with Crippen LogP contribution in [-0.2, 0) is 0 Å². The van der Waals surface area contributed by atoms with Crippen molar-refractivity contribution < 1.29 is 0 Å². The lowest BCUT2D eigenvalue weighted by Gasteiger charge is -2.07. The average molecular weight is 176 g/mol. The zero-order valence-electron chi connectivity index (χ0n) is 8.01. The van der Waals surface area contributed by atoms with E-state index < -0.39 is 0 Å². The second-order valence-electron chi connectivity index (χ2n) is 3.01. The van der Waals surface area contributed by atoms with Crippen LogP contribution in [0.2, 0.25) is 0 Å². The molecule has 2 nitrogen and oxygen atoms in total. The molecule has 1 rings (SSSR count). The summed E-state index contributed by atoms with van der Waals surface area (Å²) in [5.41, 5.74) is 2.02. The maximum absolute atomic E-state index is 7.20. The van der Waals surface area contributed by atoms with Crippen LogP contribution < -0.4 is 5.32 Å². The molecule has 0 bridgehead atoms. The van der Waals surface area contributed by atoms with E-state index in [-0.39, 0.29) is 0 Å². The van der Waals surface area contributed by atoms with Crippen molar-refractivity contribution in [1.29, 1.82) is 5.41 Å². The number of hydrogen-bond acceptors (Lipinski definition) is 2. The van der Waals surface area contributed by atoms with Crippen molar-refractivity contribution in [2.24, 2.45) is 0 Å². The van der Waals surface area contributed by atoms with Crippen molar-refractivity contribution >= 4 is 11.9 Å². The molecule has 0 fully saturated rings. The molecule has 0 saturated heterocycles. The van der Waals surface area contributed by atoms with Gasteiger partial charge in [0.2, 0.25) is 0 Å². The Morgan fingerprint density at radius 3 is 2.85 bits per heavy atom. The van der Waals surface area contributed by atoms with Crippen molar-refractivity contribution in [2.75, 3.05) is 11.9 Å². The lowest BCUT2D eigenvalue weighted by molar-refractivity contribution is 0.834. The summed E-state index contributed by atoms with van der Waals surface area (Å²) in [6, 6.07) is 7.89. The van der Waals surface area contributed by atoms with Crippen molar-refractivity contribution in [1.82, 2.24) is 0 Å². The number of para-hydroxylation sites is 1. The van der Waals surface area contributed by atoms with E-state index in [1.807, 2.05) is 24.3 Å². The maximum Gasteiger partial charge on any atom is 0.0429 e. The molecule has 0 unspecified atom stereocenters. The predicted octanol–water partition coefficient (Wildman–Crippen LogP) is 2.90. The van der Waals surface area contributed by atoms with E-state index in [0.29, 0.717) is 0 Å². The Morgan fingerprint density at radius 1 is 1.38 bits per heavy atom. The van der Waals surface area contributed by atoms with Gasteiger partial charge in [0.15, 0.2) is 0 Å². The fourth-order valence-corrected chi connectivity index (χ4v) is 1.18. The largest absolute Gasteiger partial charge is 0.385 e. The van der Waals surface area contributed by atoms with Crippen molar-refractivity contribution in [3.05, 3.63) is 29.8 Å². The minimum Gasteiger partial charge on any atom is -0.385 e. The molecule has 1 aromatic rings. The minimum absolute atomic E-state index is 0.957. The molecule has 1 aromatic carbocycles. The van der Waals surface area contributed by atoms with Gasteiger partial charge < -0.3 is 10.7 Å². The fraction of sp³-hybridized carbons (Fsp3) is 0.364. The fourth-order valence-electron chi connectivity index (χ4n) is 1.18. The first kappa shape index (κ1) is 9.78. The molecular formula is C11H16N2. The van der Waals surface area contributed by atoms with Crippen LogP contribution in [0.1, 0.15) is 25.3 Å². The van der Waals surface area contributed by atoms with Crippen molar-refractivity contribution in [3.63, 3.8) is 0 Å². The van der Waals surface area contributed by atoms with Crippen molar-refractivity contribution in [2.45, 2.75) is 19.8 Å². The zero-order chi connectivity index (χ0) is 9.52. The van der Waals surface area contributed by atoms with E-state index in [4.69, 9.17) is 5.41 Å². The molecule has 0 radical (unpaired) electrons. The standard InChI is InChI=1S/C11H16N2/c1-2-3-8-13-11-7-5-4-6-10(11)9-12/h4-7,9,12-13H,2-3,8H2,1H3. The monoisotopic (exact) mass is 176 g/mol. The summed E-state index contributed by atoms with van der Waals surface area (Å²) in [5, 5.41) is 10.5. The Hall–Kier alpha value is -1.31. The predicted molar refractivity (Wildman–Crippen MR) is 57.7 cm³/mol. The second-order valence-corrected chi connectivity index (χ2v) is 3.01. The number of rotatable bonds is 5. The van der Waals surface area contributed by atoms with E-state index >= 15 is 0 Å². The van der Waals surface area contributed by atoms with Gasteiger partial charge in [-0.25, -0.2) is 0 Å². The second kappa shape index (κ2) is 5.36. The number of nitrogens with one attached hydrogen (secondary N) is 2. The van der Waals surface area contributed by atoms with Gasteiger partial charge in [-0.1, -0.05) is 31.5 Å². The average Bonchev–Trinajstić information content (AvgIpc) is 2.19. The normalized spacial score (nSPS) is 9.62. The molecule has 2 N–H and O–H groups in total. The van der Waals surface area contributed by atoms with Crippen LogP contribution in [0, 0.1) is 5.41 Å². The molecule has 0 spiro atoms. The first-order chi connectivity index (χ1) is 6.38. The Balaban J connectivity index is 2.59. The zero-order valence-corrected chi connectivity index (χ0v) is 8.01. The van der Waals surface area contributed by atoms with Crippen LogP contribution in [0.25, 0.3) is 0 Å². The Bertz CT molecular complexity index is 269. The van der Waals surface area contributed by atoms with Crippen LogP contribution in [0.4, 0.5) is 5.69 Å². The summed E-state index contributed by atoms with van der Waals surface area (Å²) in [7, 11) is 0. The molecule has 0 aromatic heterocycles. The lowest BCUT2D eigenvalue weighted by atomic mass is 10.2. The number of benzene rings is 1. The number of hydrogen-bond donors (Lipinski definition) is 2. The molecule has 0 saturated carbocycles. The van der Waals surface area contributed by atoms with E-state index in [1.165, 1.54) is 19.1 Å². The molecule has 0 amide bonds. The summed E-state index contributed by atoms with van der Waals surface area (Å²) >= 11 is 0. The van der Waals surface area contributed by atoms with Gasteiger partial charge in [-0.05, 0) is 12.5 Å². The highest BCUT2D eigenvalue weighted by Crippen LogP contribution is 2.12. The third kappa shape index (κ3) is 2.90.